The van der Waals surface area contributed by atoms with Crippen molar-refractivity contribution in [3.8, 4) is 0 Å². The minimum atomic E-state index is -0.128. The first-order chi connectivity index (χ1) is 9.25. The predicted octanol–water partition coefficient (Wildman–Crippen LogP) is 0.943. The smallest absolute Gasteiger partial charge is 0.280 e. The molecule has 6 nitrogen and oxygen atoms in total. The van der Waals surface area contributed by atoms with Crippen LogP contribution in [0.5, 0.6) is 0 Å². The quantitative estimate of drug-likeness (QED) is 0.797. The van der Waals surface area contributed by atoms with Crippen LogP contribution in [-0.4, -0.2) is 33.9 Å². The van der Waals surface area contributed by atoms with Gasteiger partial charge in [-0.25, -0.2) is 0 Å². The second-order valence-corrected chi connectivity index (χ2v) is 4.68. The molecular weight excluding hydrogens is 242 g/mol. The first kappa shape index (κ1) is 11.9. The molecule has 0 spiro atoms. The molecule has 0 aliphatic carbocycles. The Morgan fingerprint density at radius 2 is 2.26 bits per heavy atom. The van der Waals surface area contributed by atoms with E-state index in [4.69, 9.17) is 0 Å². The van der Waals surface area contributed by atoms with Crippen LogP contribution in [-0.2, 0) is 6.54 Å². The molecule has 0 radical (unpaired) electrons. The highest BCUT2D eigenvalue weighted by Gasteiger charge is 2.26. The van der Waals surface area contributed by atoms with Crippen molar-refractivity contribution >= 4 is 11.6 Å². The van der Waals surface area contributed by atoms with Crippen LogP contribution >= 0.6 is 0 Å². The van der Waals surface area contributed by atoms with E-state index in [0.29, 0.717) is 12.2 Å². The summed E-state index contributed by atoms with van der Waals surface area (Å²) >= 11 is 0. The van der Waals surface area contributed by atoms with Gasteiger partial charge < -0.3 is 10.2 Å². The van der Waals surface area contributed by atoms with Gasteiger partial charge >= 0.3 is 0 Å². The van der Waals surface area contributed by atoms with E-state index in [1.54, 1.807) is 4.90 Å². The maximum absolute atomic E-state index is 12.5. The third kappa shape index (κ3) is 2.22. The van der Waals surface area contributed by atoms with Gasteiger partial charge in [-0.15, -0.1) is 0 Å². The minimum Gasteiger partial charge on any atom is -0.308 e. The molecule has 2 heterocycles. The van der Waals surface area contributed by atoms with Crippen LogP contribution in [0.3, 0.4) is 0 Å². The third-order valence-corrected chi connectivity index (χ3v) is 3.26. The average Bonchev–Trinajstić information content (AvgIpc) is 2.91. The Balaban J connectivity index is 2.01. The number of H-pyrrole nitrogens is 1. The topological polar surface area (TPSA) is 73.9 Å². The van der Waals surface area contributed by atoms with E-state index in [1.165, 1.54) is 6.20 Å². The summed E-state index contributed by atoms with van der Waals surface area (Å²) in [7, 11) is 0. The molecule has 0 saturated heterocycles. The third-order valence-electron chi connectivity index (χ3n) is 3.26. The van der Waals surface area contributed by atoms with Gasteiger partial charge in [0.05, 0.1) is 6.20 Å². The number of anilines is 1. The van der Waals surface area contributed by atoms with Gasteiger partial charge in [-0.1, -0.05) is 18.2 Å². The van der Waals surface area contributed by atoms with Crippen molar-refractivity contribution in [2.75, 3.05) is 11.4 Å². The first-order valence-electron chi connectivity index (χ1n) is 6.24. The number of nitrogens with zero attached hydrogens (tertiary/aromatic N) is 3. The molecule has 0 fully saturated rings. The number of carbonyl (C=O) groups excluding carboxylic acids is 1. The van der Waals surface area contributed by atoms with Gasteiger partial charge in [-0.05, 0) is 18.6 Å². The predicted molar refractivity (Wildman–Crippen MR) is 70.8 cm³/mol. The number of hydrogen-bond donors (Lipinski definition) is 2. The van der Waals surface area contributed by atoms with Crippen molar-refractivity contribution in [2.45, 2.75) is 19.5 Å². The SMILES string of the molecule is CC1CN(C(=O)c2cn[nH]n2)c2ccccc2CN1. The molecule has 19 heavy (non-hydrogen) atoms. The van der Waals surface area contributed by atoms with Crippen molar-refractivity contribution in [1.29, 1.82) is 0 Å². The lowest BCUT2D eigenvalue weighted by atomic mass is 10.1. The number of hydrogen-bond acceptors (Lipinski definition) is 4. The zero-order valence-electron chi connectivity index (χ0n) is 10.6. The minimum absolute atomic E-state index is 0.128. The summed E-state index contributed by atoms with van der Waals surface area (Å²) in [6.07, 6.45) is 1.45. The number of aromatic amines is 1. The molecule has 2 N–H and O–H groups in total. The fraction of sp³-hybridized carbons (Fsp3) is 0.308. The Bertz CT molecular complexity index is 580. The van der Waals surface area contributed by atoms with Crippen LogP contribution in [0.1, 0.15) is 23.0 Å². The second kappa shape index (κ2) is 4.81. The molecule has 3 rings (SSSR count). The van der Waals surface area contributed by atoms with Crippen molar-refractivity contribution in [3.05, 3.63) is 41.7 Å². The van der Waals surface area contributed by atoms with Gasteiger partial charge in [0.1, 0.15) is 0 Å². The summed E-state index contributed by atoms with van der Waals surface area (Å²) in [6.45, 7) is 3.44. The fourth-order valence-corrected chi connectivity index (χ4v) is 2.28. The van der Waals surface area contributed by atoms with Gasteiger partial charge in [-0.2, -0.15) is 15.4 Å². The van der Waals surface area contributed by atoms with Crippen molar-refractivity contribution < 1.29 is 4.79 Å². The van der Waals surface area contributed by atoms with Gasteiger partial charge in [0, 0.05) is 24.8 Å². The number of rotatable bonds is 1. The Morgan fingerprint density at radius 3 is 3.05 bits per heavy atom. The number of benzene rings is 1. The standard InChI is InChI=1S/C13H15N5O/c1-9-8-18(13(19)11-7-15-17-16-11)12-5-3-2-4-10(12)6-14-9/h2-5,7,9,14H,6,8H2,1H3,(H,15,16,17). The number of nitrogens with one attached hydrogen (secondary N) is 2. The second-order valence-electron chi connectivity index (χ2n) is 4.68. The van der Waals surface area contributed by atoms with E-state index < -0.39 is 0 Å². The molecule has 1 aliphatic rings. The summed E-state index contributed by atoms with van der Waals surface area (Å²) in [5.74, 6) is -0.128. The Labute approximate surface area is 110 Å². The van der Waals surface area contributed by atoms with E-state index in [0.717, 1.165) is 17.8 Å². The van der Waals surface area contributed by atoms with Crippen molar-refractivity contribution in [2.24, 2.45) is 0 Å². The molecule has 1 aromatic heterocycles. The molecule has 6 heteroatoms. The largest absolute Gasteiger partial charge is 0.308 e. The molecule has 1 aliphatic heterocycles. The van der Waals surface area contributed by atoms with Crippen LogP contribution < -0.4 is 10.2 Å². The first-order valence-corrected chi connectivity index (χ1v) is 6.24. The van der Waals surface area contributed by atoms with Crippen LogP contribution in [0.4, 0.5) is 5.69 Å². The summed E-state index contributed by atoms with van der Waals surface area (Å²) in [5, 5.41) is 13.4. The monoisotopic (exact) mass is 257 g/mol. The van der Waals surface area contributed by atoms with E-state index in [-0.39, 0.29) is 11.9 Å². The van der Waals surface area contributed by atoms with E-state index in [9.17, 15) is 4.79 Å². The highest BCUT2D eigenvalue weighted by molar-refractivity contribution is 6.05. The number of aromatic nitrogens is 3. The lowest BCUT2D eigenvalue weighted by Crippen LogP contribution is -2.39. The van der Waals surface area contributed by atoms with Crippen LogP contribution in [0.25, 0.3) is 0 Å². The highest BCUT2D eigenvalue weighted by atomic mass is 16.2. The van der Waals surface area contributed by atoms with Gasteiger partial charge in [0.15, 0.2) is 5.69 Å². The maximum atomic E-state index is 12.5. The average molecular weight is 257 g/mol. The number of amides is 1. The highest BCUT2D eigenvalue weighted by Crippen LogP contribution is 2.24. The van der Waals surface area contributed by atoms with Crippen molar-refractivity contribution in [1.82, 2.24) is 20.7 Å². The molecule has 1 amide bonds. The molecular formula is C13H15N5O. The number of para-hydroxylation sites is 1. The van der Waals surface area contributed by atoms with Gasteiger partial charge in [0.25, 0.3) is 5.91 Å². The molecule has 0 saturated carbocycles. The van der Waals surface area contributed by atoms with E-state index in [2.05, 4.69) is 27.7 Å². The summed E-state index contributed by atoms with van der Waals surface area (Å²) in [4.78, 5) is 14.3. The van der Waals surface area contributed by atoms with Crippen LogP contribution in [0.15, 0.2) is 30.5 Å². The summed E-state index contributed by atoms with van der Waals surface area (Å²) in [5.41, 5.74) is 2.39. The molecule has 1 aromatic carbocycles. The van der Waals surface area contributed by atoms with E-state index >= 15 is 0 Å². The molecule has 2 aromatic rings. The van der Waals surface area contributed by atoms with Gasteiger partial charge in [-0.3, -0.25) is 4.79 Å². The normalized spacial score (nSPS) is 18.8. The lowest BCUT2D eigenvalue weighted by Gasteiger charge is -2.23. The summed E-state index contributed by atoms with van der Waals surface area (Å²) < 4.78 is 0. The van der Waals surface area contributed by atoms with Crippen LogP contribution in [0, 0.1) is 0 Å². The van der Waals surface area contributed by atoms with E-state index in [1.807, 2.05) is 24.3 Å². The Kier molecular flexibility index (Phi) is 3.00. The summed E-state index contributed by atoms with van der Waals surface area (Å²) in [6, 6.07) is 8.15. The molecule has 98 valence electrons. The molecule has 1 unspecified atom stereocenters. The fourth-order valence-electron chi connectivity index (χ4n) is 2.28. The van der Waals surface area contributed by atoms with Crippen molar-refractivity contribution in [3.63, 3.8) is 0 Å². The number of fused-ring (bicyclic) bond motifs is 1. The Hall–Kier alpha value is -2.21. The molecule has 1 atom stereocenters. The number of carbonyl (C=O) groups is 1. The zero-order valence-corrected chi connectivity index (χ0v) is 10.6. The van der Waals surface area contributed by atoms with Gasteiger partial charge in [0.2, 0.25) is 0 Å². The Morgan fingerprint density at radius 1 is 1.42 bits per heavy atom. The maximum Gasteiger partial charge on any atom is 0.280 e. The van der Waals surface area contributed by atoms with Crippen LogP contribution in [0.2, 0.25) is 0 Å². The lowest BCUT2D eigenvalue weighted by molar-refractivity contribution is 0.0980. The molecule has 0 bridgehead atoms. The zero-order chi connectivity index (χ0) is 13.2.